The van der Waals surface area contributed by atoms with Gasteiger partial charge in [-0.2, -0.15) is 0 Å². The maximum absolute atomic E-state index is 13.4. The SMILES string of the molecule is COP1(=S)NCC(c2cc(F)ccc2F)O1. The summed E-state index contributed by atoms with van der Waals surface area (Å²) in [5.74, 6) is -1.01. The van der Waals surface area contributed by atoms with Gasteiger partial charge in [0.1, 0.15) is 17.7 Å². The van der Waals surface area contributed by atoms with E-state index < -0.39 is 24.4 Å². The van der Waals surface area contributed by atoms with Crippen molar-refractivity contribution in [1.29, 1.82) is 0 Å². The van der Waals surface area contributed by atoms with Gasteiger partial charge in [0, 0.05) is 19.2 Å². The van der Waals surface area contributed by atoms with Crippen molar-refractivity contribution >= 4 is 18.4 Å². The maximum Gasteiger partial charge on any atom is 0.261 e. The van der Waals surface area contributed by atoms with Gasteiger partial charge in [0.05, 0.1) is 0 Å². The molecule has 1 aliphatic rings. The summed E-state index contributed by atoms with van der Waals surface area (Å²) in [7, 11) is 1.43. The van der Waals surface area contributed by atoms with E-state index in [1.807, 2.05) is 0 Å². The molecule has 0 amide bonds. The van der Waals surface area contributed by atoms with Crippen LogP contribution in [0.15, 0.2) is 18.2 Å². The highest BCUT2D eigenvalue weighted by Gasteiger charge is 2.33. The van der Waals surface area contributed by atoms with Gasteiger partial charge in [-0.25, -0.2) is 13.9 Å². The second kappa shape index (κ2) is 4.47. The van der Waals surface area contributed by atoms with Crippen molar-refractivity contribution in [3.63, 3.8) is 0 Å². The van der Waals surface area contributed by atoms with Crippen LogP contribution in [0.4, 0.5) is 8.78 Å². The predicted molar refractivity (Wildman–Crippen MR) is 59.5 cm³/mol. The molecule has 2 atom stereocenters. The van der Waals surface area contributed by atoms with Crippen molar-refractivity contribution in [2.24, 2.45) is 0 Å². The molecule has 88 valence electrons. The van der Waals surface area contributed by atoms with Crippen LogP contribution in [0.1, 0.15) is 11.7 Å². The lowest BCUT2D eigenvalue weighted by molar-refractivity contribution is 0.228. The molecule has 1 aromatic carbocycles. The van der Waals surface area contributed by atoms with Crippen molar-refractivity contribution in [2.45, 2.75) is 6.10 Å². The normalized spacial score (nSPS) is 29.6. The lowest BCUT2D eigenvalue weighted by atomic mass is 10.1. The lowest BCUT2D eigenvalue weighted by Crippen LogP contribution is -2.08. The van der Waals surface area contributed by atoms with Crippen molar-refractivity contribution in [2.75, 3.05) is 13.7 Å². The molecule has 1 aromatic rings. The number of benzene rings is 1. The van der Waals surface area contributed by atoms with Crippen molar-refractivity contribution < 1.29 is 17.8 Å². The lowest BCUT2D eigenvalue weighted by Gasteiger charge is -2.14. The molecular weight excluding hydrogens is 255 g/mol. The summed E-state index contributed by atoms with van der Waals surface area (Å²) in [6, 6.07) is 3.25. The maximum atomic E-state index is 13.4. The van der Waals surface area contributed by atoms with Gasteiger partial charge in [0.2, 0.25) is 0 Å². The van der Waals surface area contributed by atoms with E-state index in [-0.39, 0.29) is 5.56 Å². The second-order valence-corrected chi connectivity index (χ2v) is 6.63. The standard InChI is InChI=1S/C9H10F2NO2PS/c1-13-15(16)12-5-9(14-15)7-4-6(10)2-3-8(7)11/h2-4,9H,5H2,1H3,(H,12,16). The van der Waals surface area contributed by atoms with Gasteiger partial charge >= 0.3 is 0 Å². The molecule has 7 heteroatoms. The summed E-state index contributed by atoms with van der Waals surface area (Å²) in [5.41, 5.74) is 0.163. The third kappa shape index (κ3) is 2.31. The molecule has 2 unspecified atom stereocenters. The largest absolute Gasteiger partial charge is 0.321 e. The highest BCUT2D eigenvalue weighted by atomic mass is 32.5. The minimum Gasteiger partial charge on any atom is -0.321 e. The molecule has 1 saturated heterocycles. The minimum atomic E-state index is -2.51. The molecule has 0 radical (unpaired) electrons. The fourth-order valence-electron chi connectivity index (χ4n) is 1.47. The first-order valence-corrected chi connectivity index (χ1v) is 7.22. The third-order valence-corrected chi connectivity index (χ3v) is 4.96. The van der Waals surface area contributed by atoms with Crippen molar-refractivity contribution in [3.05, 3.63) is 35.4 Å². The van der Waals surface area contributed by atoms with Crippen LogP contribution in [0, 0.1) is 11.6 Å². The van der Waals surface area contributed by atoms with Gasteiger partial charge in [0.25, 0.3) is 6.64 Å². The molecular formula is C9H10F2NO2PS. The fraction of sp³-hybridized carbons (Fsp3) is 0.333. The van der Waals surface area contributed by atoms with Crippen LogP contribution < -0.4 is 5.09 Å². The highest BCUT2D eigenvalue weighted by Crippen LogP contribution is 2.52. The van der Waals surface area contributed by atoms with E-state index in [1.54, 1.807) is 0 Å². The quantitative estimate of drug-likeness (QED) is 0.832. The first-order chi connectivity index (χ1) is 7.54. The second-order valence-electron chi connectivity index (χ2n) is 3.30. The number of hydrogen-bond acceptors (Lipinski definition) is 3. The highest BCUT2D eigenvalue weighted by molar-refractivity contribution is 8.09. The number of rotatable bonds is 2. The molecule has 0 saturated carbocycles. The Bertz CT molecular complexity index is 457. The Morgan fingerprint density at radius 3 is 2.94 bits per heavy atom. The summed E-state index contributed by atoms with van der Waals surface area (Å²) in [5, 5.41) is 2.87. The van der Waals surface area contributed by atoms with Gasteiger partial charge in [-0.1, -0.05) is 0 Å². The fourth-order valence-corrected chi connectivity index (χ4v) is 3.21. The zero-order valence-electron chi connectivity index (χ0n) is 8.44. The number of hydrogen-bond donors (Lipinski definition) is 1. The van der Waals surface area contributed by atoms with Crippen LogP contribution in [0.3, 0.4) is 0 Å². The molecule has 1 fully saturated rings. The third-order valence-electron chi connectivity index (χ3n) is 2.28. The first kappa shape index (κ1) is 12.1. The van der Waals surface area contributed by atoms with Crippen LogP contribution in [-0.4, -0.2) is 13.7 Å². The first-order valence-electron chi connectivity index (χ1n) is 4.58. The Hall–Kier alpha value is -0.390. The molecule has 1 heterocycles. The van der Waals surface area contributed by atoms with Gasteiger partial charge in [-0.15, -0.1) is 0 Å². The van der Waals surface area contributed by atoms with E-state index >= 15 is 0 Å². The van der Waals surface area contributed by atoms with Crippen molar-refractivity contribution in [1.82, 2.24) is 5.09 Å². The van der Waals surface area contributed by atoms with Crippen LogP contribution in [0.5, 0.6) is 0 Å². The Balaban J connectivity index is 2.27. The molecule has 0 spiro atoms. The van der Waals surface area contributed by atoms with Crippen LogP contribution in [0.2, 0.25) is 0 Å². The molecule has 2 rings (SSSR count). The molecule has 0 aromatic heterocycles. The van der Waals surface area contributed by atoms with Gasteiger partial charge in [-0.3, -0.25) is 0 Å². The number of nitrogens with one attached hydrogen (secondary N) is 1. The zero-order valence-corrected chi connectivity index (χ0v) is 10.2. The van der Waals surface area contributed by atoms with E-state index in [0.29, 0.717) is 6.54 Å². The Morgan fingerprint density at radius 2 is 2.31 bits per heavy atom. The Morgan fingerprint density at radius 1 is 1.56 bits per heavy atom. The zero-order chi connectivity index (χ0) is 11.8. The van der Waals surface area contributed by atoms with Crippen LogP contribution in [0.25, 0.3) is 0 Å². The summed E-state index contributed by atoms with van der Waals surface area (Å²) in [6.07, 6.45) is -0.596. The van der Waals surface area contributed by atoms with Gasteiger partial charge in [0.15, 0.2) is 0 Å². The van der Waals surface area contributed by atoms with E-state index in [2.05, 4.69) is 5.09 Å². The summed E-state index contributed by atoms with van der Waals surface area (Å²) in [4.78, 5) is 0. The molecule has 1 N–H and O–H groups in total. The van der Waals surface area contributed by atoms with Crippen LogP contribution in [-0.2, 0) is 20.9 Å². The van der Waals surface area contributed by atoms with Crippen molar-refractivity contribution in [3.8, 4) is 0 Å². The summed E-state index contributed by atoms with van der Waals surface area (Å²) < 4.78 is 36.8. The smallest absolute Gasteiger partial charge is 0.261 e. The molecule has 0 aliphatic carbocycles. The average Bonchev–Trinajstić information content (AvgIpc) is 2.65. The Labute approximate surface area is 97.0 Å². The van der Waals surface area contributed by atoms with E-state index in [1.165, 1.54) is 7.11 Å². The topological polar surface area (TPSA) is 30.5 Å². The average molecular weight is 265 g/mol. The predicted octanol–water partition coefficient (Wildman–Crippen LogP) is 2.50. The summed E-state index contributed by atoms with van der Waals surface area (Å²) in [6.45, 7) is -2.19. The van der Waals surface area contributed by atoms with Gasteiger partial charge in [-0.05, 0) is 30.0 Å². The Kier molecular flexibility index (Phi) is 3.37. The molecule has 16 heavy (non-hydrogen) atoms. The summed E-state index contributed by atoms with van der Waals surface area (Å²) >= 11 is 5.06. The monoisotopic (exact) mass is 265 g/mol. The molecule has 0 bridgehead atoms. The van der Waals surface area contributed by atoms with Gasteiger partial charge < -0.3 is 9.05 Å². The number of halogens is 2. The van der Waals surface area contributed by atoms with E-state index in [9.17, 15) is 8.78 Å². The minimum absolute atomic E-state index is 0.163. The molecule has 1 aliphatic heterocycles. The molecule has 3 nitrogen and oxygen atoms in total. The van der Waals surface area contributed by atoms with E-state index in [0.717, 1.165) is 18.2 Å². The van der Waals surface area contributed by atoms with E-state index in [4.69, 9.17) is 20.9 Å². The van der Waals surface area contributed by atoms with Crippen LogP contribution >= 0.6 is 6.64 Å².